The van der Waals surface area contributed by atoms with Crippen molar-refractivity contribution in [2.45, 2.75) is 125 Å². The van der Waals surface area contributed by atoms with Crippen LogP contribution < -0.4 is 0 Å². The molecule has 1 aromatic carbocycles. The van der Waals surface area contributed by atoms with Gasteiger partial charge in [-0.1, -0.05) is 69.5 Å². The Bertz CT molecular complexity index is 4660. The summed E-state index contributed by atoms with van der Waals surface area (Å²) in [5, 5.41) is 21.8. The number of aromatic nitrogens is 16. The largest absolute Gasteiger partial charge is 0.346 e. The number of H-pyrrole nitrogens is 4. The van der Waals surface area contributed by atoms with Crippen molar-refractivity contribution in [3.05, 3.63) is 170 Å². The first-order chi connectivity index (χ1) is 46.9. The number of benzene rings is 1. The van der Waals surface area contributed by atoms with E-state index >= 15 is 0 Å². The fraction of sp³-hybridized carbons (Fsp3) is 0.395. The minimum Gasteiger partial charge on any atom is -0.346 e. The van der Waals surface area contributed by atoms with Crippen molar-refractivity contribution in [1.29, 1.82) is 0 Å². The van der Waals surface area contributed by atoms with Gasteiger partial charge in [-0.25, -0.2) is 24.3 Å². The van der Waals surface area contributed by atoms with Gasteiger partial charge in [-0.2, -0.15) is 20.4 Å². The van der Waals surface area contributed by atoms with Gasteiger partial charge in [0.1, 0.15) is 28.4 Å². The van der Waals surface area contributed by atoms with Crippen LogP contribution in [0.3, 0.4) is 0 Å². The summed E-state index contributed by atoms with van der Waals surface area (Å²) < 4.78 is 20.3. The summed E-state index contributed by atoms with van der Waals surface area (Å²) in [7, 11) is 9.99. The highest BCUT2D eigenvalue weighted by Crippen LogP contribution is 2.37. The van der Waals surface area contributed by atoms with Gasteiger partial charge in [-0.3, -0.25) is 23.6 Å². The number of nitrogens with one attached hydrogen (secondary N) is 4. The monoisotopic (exact) mass is 1300 g/mol. The molecule has 1 aliphatic heterocycles. The highest BCUT2D eigenvalue weighted by Gasteiger charge is 2.28. The standard InChI is InChI=1S/C23H32N6.C19H24N4.C17H13FN4S.C17H20N4/c1-27-7-9-29(10-8-27)20-5-3-17(4-6-20)11-18-12-21-22(15-25-23(21)24-13-18)19-14-26-28(2)16-19;1-23-13-16(11-22-23)18-12-21-19-17(18)9-15(10-20-19)8-7-14-5-3-2-4-6-14;1-22-10-11(7-21-22)16-9-20-17-15(16)6-14(8-19-17)23-13-4-2-12(18)3-5-13;1-21-11-14(9-20-21)16-10-19-17-15(16)7-13(8-18-17)6-12-4-2-3-5-12/h12-17,20H,3-11H2,1-2H3,(H,24,25);9-14H,2-8H2,1H3,(H,20,21);2-10H,1H3,(H,19,20);7-12H,2-6H2,1H3,(H,18,19). The molecular formula is C76H89FN18S. The summed E-state index contributed by atoms with van der Waals surface area (Å²) in [4.78, 5) is 38.6. The molecule has 13 aromatic rings. The average molecular weight is 1310 g/mol. The van der Waals surface area contributed by atoms with Gasteiger partial charge in [0.15, 0.2) is 0 Å². The number of fused-ring (bicyclic) bond motifs is 4. The number of pyridine rings is 4. The van der Waals surface area contributed by atoms with Crippen LogP contribution in [-0.2, 0) is 47.5 Å². The molecule has 3 saturated carbocycles. The Hall–Kier alpha value is -8.98. The first-order valence-corrected chi connectivity index (χ1v) is 35.4. The Kier molecular flexibility index (Phi) is 19.8. The first kappa shape index (κ1) is 64.4. The summed E-state index contributed by atoms with van der Waals surface area (Å²) in [6, 6.07) is 16.3. The molecule has 496 valence electrons. The Labute approximate surface area is 565 Å². The second-order valence-corrected chi connectivity index (χ2v) is 28.5. The van der Waals surface area contributed by atoms with Crippen molar-refractivity contribution in [3.8, 4) is 44.5 Å². The van der Waals surface area contributed by atoms with E-state index < -0.39 is 0 Å². The predicted molar refractivity (Wildman–Crippen MR) is 383 cm³/mol. The molecule has 96 heavy (non-hydrogen) atoms. The first-order valence-electron chi connectivity index (χ1n) is 34.6. The molecule has 1 saturated heterocycles. The summed E-state index contributed by atoms with van der Waals surface area (Å²) in [6.07, 6.45) is 54.6. The van der Waals surface area contributed by atoms with E-state index in [1.807, 2.05) is 117 Å². The fourth-order valence-electron chi connectivity index (χ4n) is 15.0. The van der Waals surface area contributed by atoms with Gasteiger partial charge >= 0.3 is 0 Å². The van der Waals surface area contributed by atoms with Crippen LogP contribution in [0.2, 0.25) is 0 Å². The molecule has 0 bridgehead atoms. The van der Waals surface area contributed by atoms with Crippen LogP contribution in [0.1, 0.15) is 107 Å². The van der Waals surface area contributed by atoms with Crippen LogP contribution in [0, 0.1) is 23.6 Å². The molecule has 4 fully saturated rings. The number of nitrogens with zero attached hydrogens (tertiary/aromatic N) is 14. The summed E-state index contributed by atoms with van der Waals surface area (Å²) in [5.41, 5.74) is 16.9. The van der Waals surface area contributed by atoms with Crippen LogP contribution in [-0.4, -0.2) is 128 Å². The van der Waals surface area contributed by atoms with Crippen molar-refractivity contribution in [3.63, 3.8) is 0 Å². The van der Waals surface area contributed by atoms with E-state index in [-0.39, 0.29) is 5.82 Å². The average Bonchev–Trinajstić information content (AvgIpc) is 1.67. The lowest BCUT2D eigenvalue weighted by Gasteiger charge is -2.41. The number of halogens is 1. The van der Waals surface area contributed by atoms with Crippen LogP contribution >= 0.6 is 11.8 Å². The number of aromatic amines is 4. The molecular weight excluding hydrogens is 1220 g/mol. The van der Waals surface area contributed by atoms with Crippen molar-refractivity contribution >= 4 is 55.9 Å². The zero-order valence-electron chi connectivity index (χ0n) is 56.1. The Balaban J connectivity index is 0.000000111. The number of rotatable bonds is 14. The lowest BCUT2D eigenvalue weighted by molar-refractivity contribution is 0.0813. The number of piperazine rings is 1. The van der Waals surface area contributed by atoms with Crippen LogP contribution in [0.5, 0.6) is 0 Å². The van der Waals surface area contributed by atoms with Crippen molar-refractivity contribution in [2.24, 2.45) is 45.9 Å². The van der Waals surface area contributed by atoms with Crippen molar-refractivity contribution < 1.29 is 4.39 Å². The highest BCUT2D eigenvalue weighted by atomic mass is 32.2. The molecule has 0 amide bonds. The fourth-order valence-corrected chi connectivity index (χ4v) is 15.8. The van der Waals surface area contributed by atoms with E-state index in [2.05, 4.69) is 121 Å². The van der Waals surface area contributed by atoms with Gasteiger partial charge < -0.3 is 24.8 Å². The number of likely N-dealkylation sites (N-methyl/N-ethyl adjacent to an activating group) is 1. The maximum absolute atomic E-state index is 13.0. The minimum atomic E-state index is -0.229. The zero-order chi connectivity index (χ0) is 65.5. The third-order valence-corrected chi connectivity index (χ3v) is 21.3. The molecule has 4 N–H and O–H groups in total. The molecule has 0 atom stereocenters. The molecule has 0 unspecified atom stereocenters. The minimum absolute atomic E-state index is 0.229. The van der Waals surface area contributed by atoms with Gasteiger partial charge in [0.25, 0.3) is 0 Å². The number of hydrogen-bond acceptors (Lipinski definition) is 11. The third-order valence-electron chi connectivity index (χ3n) is 20.3. The maximum Gasteiger partial charge on any atom is 0.137 e. The SMILES string of the molecule is CN1CCN(C2CCC(Cc3cnc4[nH]cc(-c5cnn(C)c5)c4c3)CC2)CC1.Cn1cc(-c2c[nH]c3ncc(CC4CCCC4)cc23)cn1.Cn1cc(-c2c[nH]c3ncc(CCC4CCCCC4)cc23)cn1.Cn1cc(-c2c[nH]c3ncc(Sc4ccc(F)cc4)cc23)cn1. The van der Waals surface area contributed by atoms with Crippen LogP contribution in [0.25, 0.3) is 88.6 Å². The molecule has 4 aliphatic rings. The maximum atomic E-state index is 13.0. The quantitative estimate of drug-likeness (QED) is 0.0810. The molecule has 13 heterocycles. The molecule has 17 rings (SSSR count). The summed E-state index contributed by atoms with van der Waals surface area (Å²) in [5.74, 6) is 2.33. The Morgan fingerprint density at radius 2 is 0.812 bits per heavy atom. The van der Waals surface area contributed by atoms with E-state index in [0.717, 1.165) is 102 Å². The van der Waals surface area contributed by atoms with Gasteiger partial charge in [0, 0.05) is 211 Å². The van der Waals surface area contributed by atoms with Crippen molar-refractivity contribution in [1.82, 2.24) is 88.8 Å². The lowest BCUT2D eigenvalue weighted by atomic mass is 9.82. The normalized spacial score (nSPS) is 17.4. The predicted octanol–water partition coefficient (Wildman–Crippen LogP) is 15.7. The van der Waals surface area contributed by atoms with E-state index in [0.29, 0.717) is 0 Å². The molecule has 20 heteroatoms. The topological polar surface area (TPSA) is 192 Å². The third kappa shape index (κ3) is 15.5. The van der Waals surface area contributed by atoms with Crippen LogP contribution in [0.4, 0.5) is 4.39 Å². The van der Waals surface area contributed by atoms with Crippen molar-refractivity contribution in [2.75, 3.05) is 33.2 Å². The lowest BCUT2D eigenvalue weighted by Crippen LogP contribution is -2.49. The van der Waals surface area contributed by atoms with Gasteiger partial charge in [0.05, 0.1) is 24.8 Å². The van der Waals surface area contributed by atoms with E-state index in [4.69, 9.17) is 4.98 Å². The number of hydrogen-bond donors (Lipinski definition) is 4. The van der Waals surface area contributed by atoms with E-state index in [9.17, 15) is 4.39 Å². The van der Waals surface area contributed by atoms with E-state index in [1.54, 1.807) is 28.6 Å². The van der Waals surface area contributed by atoms with Gasteiger partial charge in [-0.05, 0) is 141 Å². The molecule has 12 aromatic heterocycles. The smallest absolute Gasteiger partial charge is 0.137 e. The summed E-state index contributed by atoms with van der Waals surface area (Å²) >= 11 is 1.56. The number of aryl methyl sites for hydroxylation is 5. The zero-order valence-corrected chi connectivity index (χ0v) is 56.9. The van der Waals surface area contributed by atoms with Gasteiger partial charge in [0.2, 0.25) is 0 Å². The summed E-state index contributed by atoms with van der Waals surface area (Å²) in [6.45, 7) is 4.94. The molecule has 0 radical (unpaired) electrons. The Morgan fingerprint density at radius 1 is 0.417 bits per heavy atom. The van der Waals surface area contributed by atoms with Crippen LogP contribution in [0.15, 0.2) is 157 Å². The molecule has 0 spiro atoms. The highest BCUT2D eigenvalue weighted by molar-refractivity contribution is 7.99. The molecule has 18 nitrogen and oxygen atoms in total. The second kappa shape index (κ2) is 29.6. The molecule has 3 aliphatic carbocycles. The Morgan fingerprint density at radius 3 is 1.26 bits per heavy atom. The van der Waals surface area contributed by atoms with Gasteiger partial charge in [-0.15, -0.1) is 0 Å². The second-order valence-electron chi connectivity index (χ2n) is 27.4. The van der Waals surface area contributed by atoms with E-state index in [1.165, 1.54) is 184 Å².